The maximum absolute atomic E-state index is 11.9. The van der Waals surface area contributed by atoms with E-state index in [2.05, 4.69) is 73.2 Å². The van der Waals surface area contributed by atoms with Gasteiger partial charge in [-0.3, -0.25) is 4.79 Å². The second-order valence-electron chi connectivity index (χ2n) is 9.01. The number of nitrogens with zero attached hydrogens (tertiary/aromatic N) is 6. The van der Waals surface area contributed by atoms with Crippen LogP contribution in [0.3, 0.4) is 0 Å². The molecule has 2 aromatic heterocycles. The van der Waals surface area contributed by atoms with Crippen molar-refractivity contribution in [2.24, 2.45) is 0 Å². The molecule has 2 aliphatic heterocycles. The van der Waals surface area contributed by atoms with Crippen LogP contribution in [0.15, 0.2) is 30.5 Å². The number of likely N-dealkylation sites (N-methyl/N-ethyl adjacent to an activating group) is 1. The van der Waals surface area contributed by atoms with Crippen molar-refractivity contribution >= 4 is 34.8 Å². The predicted octanol–water partition coefficient (Wildman–Crippen LogP) is 2.24. The largest absolute Gasteiger partial charge is 0.368 e. The van der Waals surface area contributed by atoms with Gasteiger partial charge in [-0.1, -0.05) is 12.1 Å². The van der Waals surface area contributed by atoms with Crippen molar-refractivity contribution < 1.29 is 4.79 Å². The van der Waals surface area contributed by atoms with E-state index >= 15 is 0 Å². The van der Waals surface area contributed by atoms with Crippen LogP contribution in [0.1, 0.15) is 27.7 Å². The monoisotopic (exact) mass is 478 g/mol. The van der Waals surface area contributed by atoms with Gasteiger partial charge in [-0.25, -0.2) is 4.98 Å². The third kappa shape index (κ3) is 4.43. The van der Waals surface area contributed by atoms with E-state index in [1.54, 1.807) is 13.2 Å². The lowest BCUT2D eigenvalue weighted by Gasteiger charge is -2.37. The SMILES string of the molecule is CNC(=O)c1cnc(-c2ccc3c(c2)CN(c2cc(N4CCN(C)CC4)nc(N)n2)C(C)C3)s1. The van der Waals surface area contributed by atoms with Gasteiger partial charge in [0.05, 0.1) is 6.20 Å². The molecule has 9 nitrogen and oxygen atoms in total. The molecule has 1 fully saturated rings. The summed E-state index contributed by atoms with van der Waals surface area (Å²) in [5.41, 5.74) is 9.75. The molecule has 2 aliphatic rings. The summed E-state index contributed by atoms with van der Waals surface area (Å²) in [6.07, 6.45) is 2.56. The van der Waals surface area contributed by atoms with Gasteiger partial charge in [0.15, 0.2) is 0 Å². The highest BCUT2D eigenvalue weighted by Gasteiger charge is 2.26. The van der Waals surface area contributed by atoms with Crippen LogP contribution in [0, 0.1) is 0 Å². The average molecular weight is 479 g/mol. The maximum Gasteiger partial charge on any atom is 0.262 e. The van der Waals surface area contributed by atoms with Crippen molar-refractivity contribution in [2.45, 2.75) is 25.9 Å². The lowest BCUT2D eigenvalue weighted by molar-refractivity contribution is 0.0967. The van der Waals surface area contributed by atoms with E-state index in [-0.39, 0.29) is 11.9 Å². The van der Waals surface area contributed by atoms with Gasteiger partial charge in [0.2, 0.25) is 5.95 Å². The molecular formula is C24H30N8OS. The molecule has 0 saturated carbocycles. The summed E-state index contributed by atoms with van der Waals surface area (Å²) >= 11 is 1.40. The molecule has 0 spiro atoms. The number of amides is 1. The Labute approximate surface area is 203 Å². The summed E-state index contributed by atoms with van der Waals surface area (Å²) < 4.78 is 0. The molecule has 10 heteroatoms. The fraction of sp³-hybridized carbons (Fsp3) is 0.417. The zero-order valence-corrected chi connectivity index (χ0v) is 20.6. The molecule has 1 saturated heterocycles. The number of thiazole rings is 1. The molecule has 0 aliphatic carbocycles. The lowest BCUT2D eigenvalue weighted by atomic mass is 9.93. The minimum absolute atomic E-state index is 0.112. The lowest BCUT2D eigenvalue weighted by Crippen LogP contribution is -2.45. The molecule has 1 unspecified atom stereocenters. The van der Waals surface area contributed by atoms with Gasteiger partial charge in [-0.2, -0.15) is 9.97 Å². The van der Waals surface area contributed by atoms with Crippen molar-refractivity contribution in [1.82, 2.24) is 25.2 Å². The highest BCUT2D eigenvalue weighted by molar-refractivity contribution is 7.16. The Hall–Kier alpha value is -3.24. The van der Waals surface area contributed by atoms with Crippen LogP contribution < -0.4 is 20.9 Å². The van der Waals surface area contributed by atoms with Gasteiger partial charge in [0.1, 0.15) is 21.5 Å². The molecule has 5 rings (SSSR count). The Bertz CT molecular complexity index is 1200. The second kappa shape index (κ2) is 9.19. The number of hydrogen-bond donors (Lipinski definition) is 2. The van der Waals surface area contributed by atoms with Crippen LogP contribution >= 0.6 is 11.3 Å². The van der Waals surface area contributed by atoms with Crippen LogP contribution in [-0.2, 0) is 13.0 Å². The van der Waals surface area contributed by atoms with Crippen LogP contribution in [0.4, 0.5) is 17.6 Å². The van der Waals surface area contributed by atoms with Gasteiger partial charge in [-0.15, -0.1) is 11.3 Å². The summed E-state index contributed by atoms with van der Waals surface area (Å²) in [5, 5.41) is 3.50. The quantitative estimate of drug-likeness (QED) is 0.589. The standard InChI is InChI=1S/C24H30N8OS/c1-15-10-16-4-5-17(23-27-13-19(34-23)22(33)26-2)11-18(16)14-32(15)21-12-20(28-24(25)29-21)31-8-6-30(3)7-9-31/h4-5,11-13,15H,6-10,14H2,1-3H3,(H,26,33)(H2,25,28,29). The van der Waals surface area contributed by atoms with Crippen molar-refractivity contribution in [2.75, 3.05) is 55.8 Å². The van der Waals surface area contributed by atoms with Crippen molar-refractivity contribution in [3.05, 3.63) is 46.5 Å². The Morgan fingerprint density at radius 1 is 1.12 bits per heavy atom. The van der Waals surface area contributed by atoms with E-state index in [1.165, 1.54) is 22.5 Å². The van der Waals surface area contributed by atoms with E-state index in [1.807, 2.05) is 0 Å². The number of nitrogens with one attached hydrogen (secondary N) is 1. The van der Waals surface area contributed by atoms with Crippen LogP contribution in [0.2, 0.25) is 0 Å². The number of benzene rings is 1. The molecule has 178 valence electrons. The maximum atomic E-state index is 11.9. The van der Waals surface area contributed by atoms with Gasteiger partial charge in [-0.05, 0) is 37.6 Å². The fourth-order valence-corrected chi connectivity index (χ4v) is 5.46. The number of anilines is 3. The summed E-state index contributed by atoms with van der Waals surface area (Å²) in [5.74, 6) is 1.95. The highest BCUT2D eigenvalue weighted by Crippen LogP contribution is 2.33. The van der Waals surface area contributed by atoms with Crippen molar-refractivity contribution in [3.63, 3.8) is 0 Å². The molecule has 3 aromatic rings. The Kier molecular flexibility index (Phi) is 6.09. The Balaban J connectivity index is 1.42. The number of carbonyl (C=O) groups is 1. The summed E-state index contributed by atoms with van der Waals surface area (Å²) in [6.45, 7) is 6.83. The average Bonchev–Trinajstić information content (AvgIpc) is 3.33. The van der Waals surface area contributed by atoms with E-state index < -0.39 is 0 Å². The van der Waals surface area contributed by atoms with Gasteiger partial charge < -0.3 is 25.8 Å². The molecule has 34 heavy (non-hydrogen) atoms. The smallest absolute Gasteiger partial charge is 0.262 e. The topological polar surface area (TPSA) is 104 Å². The Morgan fingerprint density at radius 2 is 1.88 bits per heavy atom. The minimum Gasteiger partial charge on any atom is -0.368 e. The molecule has 1 aromatic carbocycles. The second-order valence-corrected chi connectivity index (χ2v) is 10.0. The van der Waals surface area contributed by atoms with Crippen LogP contribution in [0.5, 0.6) is 0 Å². The number of aromatic nitrogens is 3. The van der Waals surface area contributed by atoms with Crippen LogP contribution in [-0.4, -0.2) is 72.1 Å². The molecule has 0 radical (unpaired) electrons. The molecule has 4 heterocycles. The minimum atomic E-state index is -0.112. The van der Waals surface area contributed by atoms with E-state index in [0.717, 1.165) is 61.4 Å². The molecule has 1 atom stereocenters. The number of hydrogen-bond acceptors (Lipinski definition) is 9. The summed E-state index contributed by atoms with van der Waals surface area (Å²) in [4.78, 5) is 33.1. The van der Waals surface area contributed by atoms with Gasteiger partial charge in [0, 0.05) is 57.4 Å². The van der Waals surface area contributed by atoms with E-state index in [0.29, 0.717) is 10.8 Å². The number of fused-ring (bicyclic) bond motifs is 1. The normalized spacial score (nSPS) is 18.6. The van der Waals surface area contributed by atoms with Crippen LogP contribution in [0.25, 0.3) is 10.6 Å². The zero-order chi connectivity index (χ0) is 23.8. The third-order valence-corrected chi connectivity index (χ3v) is 7.68. The van der Waals surface area contributed by atoms with E-state index in [9.17, 15) is 4.79 Å². The Morgan fingerprint density at radius 3 is 2.65 bits per heavy atom. The first-order chi connectivity index (χ1) is 16.4. The van der Waals surface area contributed by atoms with Crippen molar-refractivity contribution in [3.8, 4) is 10.6 Å². The first-order valence-corrected chi connectivity index (χ1v) is 12.4. The third-order valence-electron chi connectivity index (χ3n) is 6.64. The van der Waals surface area contributed by atoms with Gasteiger partial charge >= 0.3 is 0 Å². The zero-order valence-electron chi connectivity index (χ0n) is 19.8. The number of carbonyl (C=O) groups excluding carboxylic acids is 1. The molecule has 3 N–H and O–H groups in total. The fourth-order valence-electron chi connectivity index (χ4n) is 4.60. The first kappa shape index (κ1) is 22.5. The molecular weight excluding hydrogens is 448 g/mol. The molecule has 0 bridgehead atoms. The van der Waals surface area contributed by atoms with E-state index in [4.69, 9.17) is 5.73 Å². The summed E-state index contributed by atoms with van der Waals surface area (Å²) in [6, 6.07) is 8.83. The molecule has 1 amide bonds. The number of piperazine rings is 1. The highest BCUT2D eigenvalue weighted by atomic mass is 32.1. The van der Waals surface area contributed by atoms with Crippen molar-refractivity contribution in [1.29, 1.82) is 0 Å². The van der Waals surface area contributed by atoms with Gasteiger partial charge in [0.25, 0.3) is 5.91 Å². The first-order valence-electron chi connectivity index (χ1n) is 11.6. The predicted molar refractivity (Wildman–Crippen MR) is 136 cm³/mol. The number of nitrogen functional groups attached to an aromatic ring is 1. The summed E-state index contributed by atoms with van der Waals surface area (Å²) in [7, 11) is 3.77. The number of nitrogens with two attached hydrogens (primary N) is 1. The number of rotatable bonds is 4.